The number of nitrogens with zero attached hydrogens (tertiary/aromatic N) is 2. The topological polar surface area (TPSA) is 61.3 Å². The fraction of sp³-hybridized carbons (Fsp3) is 0.433. The molecule has 2 aromatic heterocycles. The molecule has 2 aliphatic rings. The Labute approximate surface area is 215 Å². The quantitative estimate of drug-likeness (QED) is 0.284. The second-order valence-electron chi connectivity index (χ2n) is 11.1. The van der Waals surface area contributed by atoms with E-state index < -0.39 is 11.7 Å². The number of benzene rings is 2. The van der Waals surface area contributed by atoms with E-state index in [0.717, 1.165) is 55.5 Å². The highest BCUT2D eigenvalue weighted by atomic mass is 32.1. The number of rotatable bonds is 5. The molecule has 1 aliphatic carbocycles. The third-order valence-corrected chi connectivity index (χ3v) is 8.59. The van der Waals surface area contributed by atoms with Crippen LogP contribution >= 0.6 is 11.3 Å². The number of aryl methyl sites for hydroxylation is 1. The summed E-state index contributed by atoms with van der Waals surface area (Å²) in [6.45, 7) is 10.4. The predicted molar refractivity (Wildman–Crippen MR) is 145 cm³/mol. The lowest BCUT2D eigenvalue weighted by Gasteiger charge is -2.29. The molecule has 0 unspecified atom stereocenters. The van der Waals surface area contributed by atoms with Crippen LogP contribution in [-0.4, -0.2) is 28.0 Å². The molecular formula is C30H32N2O3S. The summed E-state index contributed by atoms with van der Waals surface area (Å²) >= 11 is 1.77. The molecule has 0 spiro atoms. The number of aromatic nitrogens is 2. The number of pyridine rings is 1. The zero-order chi connectivity index (χ0) is 25.2. The Morgan fingerprint density at radius 1 is 1.22 bits per heavy atom. The van der Waals surface area contributed by atoms with Crippen molar-refractivity contribution in [3.8, 4) is 16.9 Å². The number of fused-ring (bicyclic) bond motifs is 1. The molecule has 0 N–H and O–H groups in total. The van der Waals surface area contributed by atoms with E-state index in [1.807, 2.05) is 27.0 Å². The van der Waals surface area contributed by atoms with E-state index in [-0.39, 0.29) is 5.78 Å². The second-order valence-corrected chi connectivity index (χ2v) is 12.2. The number of thiazole rings is 1. The zero-order valence-corrected chi connectivity index (χ0v) is 22.4. The first-order valence-corrected chi connectivity index (χ1v) is 13.7. The summed E-state index contributed by atoms with van der Waals surface area (Å²) in [5, 5.41) is 2.27. The van der Waals surface area contributed by atoms with E-state index in [1.165, 1.54) is 29.8 Å². The number of carbonyl (C=O) groups excluding carboxylic acids is 1. The van der Waals surface area contributed by atoms with Crippen LogP contribution in [0, 0.1) is 6.92 Å². The number of hydrogen-bond donors (Lipinski definition) is 0. The minimum Gasteiger partial charge on any atom is -0.493 e. The lowest BCUT2D eigenvalue weighted by Crippen LogP contribution is -2.27. The average molecular weight is 501 g/mol. The van der Waals surface area contributed by atoms with E-state index >= 15 is 0 Å². The number of carbonyl (C=O) groups is 1. The molecule has 6 rings (SSSR count). The fourth-order valence-corrected chi connectivity index (χ4v) is 6.75. The highest BCUT2D eigenvalue weighted by Crippen LogP contribution is 2.48. The maximum Gasteiger partial charge on any atom is 0.163 e. The third-order valence-electron chi connectivity index (χ3n) is 7.34. The number of hydrogen-bond acceptors (Lipinski definition) is 6. The molecule has 1 fully saturated rings. The van der Waals surface area contributed by atoms with Crippen LogP contribution in [0.5, 0.6) is 5.75 Å². The molecule has 0 radical (unpaired) electrons. The average Bonchev–Trinajstić information content (AvgIpc) is 3.18. The third kappa shape index (κ3) is 3.91. The van der Waals surface area contributed by atoms with Crippen molar-refractivity contribution in [2.75, 3.05) is 6.61 Å². The first-order chi connectivity index (χ1) is 17.2. The van der Waals surface area contributed by atoms with Gasteiger partial charge in [-0.25, -0.2) is 4.98 Å². The van der Waals surface area contributed by atoms with Crippen molar-refractivity contribution >= 4 is 38.2 Å². The summed E-state index contributed by atoms with van der Waals surface area (Å²) in [4.78, 5) is 23.1. The highest BCUT2D eigenvalue weighted by molar-refractivity contribution is 7.19. The van der Waals surface area contributed by atoms with Gasteiger partial charge in [0.25, 0.3) is 0 Å². The molecule has 1 aliphatic heterocycles. The molecule has 0 bridgehead atoms. The Morgan fingerprint density at radius 2 is 2.03 bits per heavy atom. The lowest BCUT2D eigenvalue weighted by atomic mass is 9.86. The molecule has 2 aromatic carbocycles. The van der Waals surface area contributed by atoms with Crippen molar-refractivity contribution in [2.45, 2.75) is 77.9 Å². The fourth-order valence-electron chi connectivity index (χ4n) is 5.47. The van der Waals surface area contributed by atoms with Gasteiger partial charge in [0.2, 0.25) is 0 Å². The number of ketones is 1. The van der Waals surface area contributed by atoms with Crippen LogP contribution in [-0.2, 0) is 16.0 Å². The maximum absolute atomic E-state index is 13.1. The molecule has 5 nitrogen and oxygen atoms in total. The summed E-state index contributed by atoms with van der Waals surface area (Å²) in [7, 11) is 0. The Hall–Kier alpha value is -2.83. The largest absolute Gasteiger partial charge is 0.493 e. The van der Waals surface area contributed by atoms with Gasteiger partial charge < -0.3 is 9.47 Å². The van der Waals surface area contributed by atoms with Crippen molar-refractivity contribution in [3.63, 3.8) is 0 Å². The Kier molecular flexibility index (Phi) is 5.65. The Morgan fingerprint density at radius 3 is 2.72 bits per heavy atom. The molecular weight excluding hydrogens is 468 g/mol. The van der Waals surface area contributed by atoms with Crippen molar-refractivity contribution < 1.29 is 14.3 Å². The monoisotopic (exact) mass is 500 g/mol. The van der Waals surface area contributed by atoms with E-state index in [9.17, 15) is 4.79 Å². The minimum atomic E-state index is -0.680. The van der Waals surface area contributed by atoms with Gasteiger partial charge in [-0.2, -0.15) is 0 Å². The van der Waals surface area contributed by atoms with Crippen molar-refractivity contribution in [1.82, 2.24) is 9.97 Å². The van der Waals surface area contributed by atoms with Gasteiger partial charge in [-0.3, -0.25) is 9.78 Å². The van der Waals surface area contributed by atoms with Gasteiger partial charge >= 0.3 is 0 Å². The van der Waals surface area contributed by atoms with E-state index in [2.05, 4.69) is 31.2 Å². The van der Waals surface area contributed by atoms with Gasteiger partial charge in [0, 0.05) is 40.6 Å². The van der Waals surface area contributed by atoms with Gasteiger partial charge in [0.05, 0.1) is 32.9 Å². The maximum atomic E-state index is 13.1. The minimum absolute atomic E-state index is 0.00335. The van der Waals surface area contributed by atoms with E-state index in [0.29, 0.717) is 12.5 Å². The smallest absolute Gasteiger partial charge is 0.163 e. The molecule has 0 amide bonds. The van der Waals surface area contributed by atoms with Crippen LogP contribution in [0.2, 0.25) is 0 Å². The molecule has 6 heteroatoms. The molecule has 0 saturated heterocycles. The molecule has 186 valence electrons. The van der Waals surface area contributed by atoms with Crippen molar-refractivity contribution in [3.05, 3.63) is 52.2 Å². The van der Waals surface area contributed by atoms with Crippen LogP contribution in [0.3, 0.4) is 0 Å². The van der Waals surface area contributed by atoms with Crippen LogP contribution < -0.4 is 4.74 Å². The van der Waals surface area contributed by atoms with Gasteiger partial charge in [-0.1, -0.05) is 6.42 Å². The summed E-state index contributed by atoms with van der Waals surface area (Å²) in [6.07, 6.45) is 5.74. The first kappa shape index (κ1) is 23.6. The standard InChI is InChI=1S/C30H32N2O3S/c1-16-15-21-28(36-29(32-21)19-7-6-8-19)25(23(16)27(17(2)33)35-30(3,4)5)20-9-10-22-24-18(12-14-34-22)11-13-31-26(20)24/h9-11,13,15,19,27H,6-8,12,14H2,1-5H3/t27-/m1/s1. The summed E-state index contributed by atoms with van der Waals surface area (Å²) in [6, 6.07) is 8.39. The summed E-state index contributed by atoms with van der Waals surface area (Å²) in [5.74, 6) is 1.41. The van der Waals surface area contributed by atoms with Crippen molar-refractivity contribution in [1.29, 1.82) is 0 Å². The number of ether oxygens (including phenoxy) is 2. The SMILES string of the molecule is CC(=O)[C@@H](OC(C)(C)C)c1c(C)cc2nc(C3CCC3)sc2c1-c1ccc2c3c(ccnc13)CCO2. The highest BCUT2D eigenvalue weighted by Gasteiger charge is 2.32. The predicted octanol–water partition coefficient (Wildman–Crippen LogP) is 7.47. The molecule has 36 heavy (non-hydrogen) atoms. The summed E-state index contributed by atoms with van der Waals surface area (Å²) < 4.78 is 13.6. The number of Topliss-reactive ketones (excluding diaryl/α,β-unsaturated/α-hetero) is 1. The molecule has 1 atom stereocenters. The van der Waals surface area contributed by atoms with Crippen LogP contribution in [0.25, 0.3) is 32.2 Å². The lowest BCUT2D eigenvalue weighted by molar-refractivity contribution is -0.138. The molecule has 1 saturated carbocycles. The Balaban J connectivity index is 1.70. The van der Waals surface area contributed by atoms with Gasteiger partial charge in [0.15, 0.2) is 5.78 Å². The van der Waals surface area contributed by atoms with Crippen LogP contribution in [0.4, 0.5) is 0 Å². The van der Waals surface area contributed by atoms with Gasteiger partial charge in [-0.15, -0.1) is 11.3 Å². The van der Waals surface area contributed by atoms with Gasteiger partial charge in [0.1, 0.15) is 11.9 Å². The molecule has 4 aromatic rings. The van der Waals surface area contributed by atoms with E-state index in [4.69, 9.17) is 19.4 Å². The summed E-state index contributed by atoms with van der Waals surface area (Å²) in [5.41, 5.74) is 6.66. The van der Waals surface area contributed by atoms with Crippen LogP contribution in [0.1, 0.15) is 80.7 Å². The normalized spacial score (nSPS) is 16.7. The first-order valence-electron chi connectivity index (χ1n) is 12.9. The van der Waals surface area contributed by atoms with E-state index in [1.54, 1.807) is 18.3 Å². The van der Waals surface area contributed by atoms with Crippen LogP contribution in [0.15, 0.2) is 30.5 Å². The van der Waals surface area contributed by atoms with Gasteiger partial charge in [-0.05, 0) is 82.9 Å². The molecule has 3 heterocycles. The Bertz CT molecular complexity index is 1500. The van der Waals surface area contributed by atoms with Crippen molar-refractivity contribution in [2.24, 2.45) is 0 Å². The second kappa shape index (κ2) is 8.63. The zero-order valence-electron chi connectivity index (χ0n) is 21.6.